The number of ether oxygens (including phenoxy) is 1. The number of hydrogen-bond donors (Lipinski definition) is 1. The van der Waals surface area contributed by atoms with Gasteiger partial charge in [-0.2, -0.15) is 0 Å². The maximum absolute atomic E-state index is 12.6. The molecule has 0 spiro atoms. The molecule has 5 heteroatoms. The smallest absolute Gasteiger partial charge is 0.173 e. The molecule has 134 valence electrons. The first kappa shape index (κ1) is 17.9. The van der Waals surface area contributed by atoms with Crippen LogP contribution in [0.3, 0.4) is 0 Å². The van der Waals surface area contributed by atoms with Crippen molar-refractivity contribution in [2.24, 2.45) is 0 Å². The minimum Gasteiger partial charge on any atom is -0.488 e. The lowest BCUT2D eigenvalue weighted by molar-refractivity contribution is -0.116. The third-order valence-corrected chi connectivity index (χ3v) is 4.85. The molecule has 0 saturated heterocycles. The van der Waals surface area contributed by atoms with Gasteiger partial charge in [-0.1, -0.05) is 12.1 Å². The van der Waals surface area contributed by atoms with Crippen LogP contribution >= 0.6 is 12.2 Å². The lowest BCUT2D eigenvalue weighted by Crippen LogP contribution is -2.49. The van der Waals surface area contributed by atoms with Crippen molar-refractivity contribution in [1.82, 2.24) is 10.2 Å². The first-order valence-corrected chi connectivity index (χ1v) is 9.34. The second-order valence-electron chi connectivity index (χ2n) is 7.55. The quantitative estimate of drug-likeness (QED) is 0.823. The van der Waals surface area contributed by atoms with Crippen LogP contribution in [-0.2, 0) is 4.79 Å². The Labute approximate surface area is 155 Å². The van der Waals surface area contributed by atoms with E-state index in [-0.39, 0.29) is 17.4 Å². The summed E-state index contributed by atoms with van der Waals surface area (Å²) in [5.74, 6) is 1.06. The van der Waals surface area contributed by atoms with Crippen LogP contribution in [0, 0.1) is 0 Å². The molecule has 1 aromatic rings. The molecule has 3 rings (SSSR count). The van der Waals surface area contributed by atoms with Gasteiger partial charge in [-0.25, -0.2) is 0 Å². The molecule has 25 heavy (non-hydrogen) atoms. The molecule has 1 aliphatic heterocycles. The topological polar surface area (TPSA) is 41.6 Å². The van der Waals surface area contributed by atoms with Gasteiger partial charge in [0.15, 0.2) is 10.9 Å². The zero-order valence-corrected chi connectivity index (χ0v) is 16.2. The summed E-state index contributed by atoms with van der Waals surface area (Å²) in [7, 11) is 0. The van der Waals surface area contributed by atoms with E-state index in [9.17, 15) is 4.79 Å². The minimum atomic E-state index is -0.233. The van der Waals surface area contributed by atoms with Gasteiger partial charge in [-0.15, -0.1) is 0 Å². The molecule has 1 atom stereocenters. The molecule has 1 unspecified atom stereocenters. The van der Waals surface area contributed by atoms with Crippen LogP contribution in [0.2, 0.25) is 0 Å². The zero-order valence-electron chi connectivity index (χ0n) is 15.4. The number of Topliss-reactive ketones (excluding diaryl/α,β-unsaturated/α-hetero) is 1. The standard InChI is InChI=1S/C20H26N2O2S/c1-5-22-15-7-6-8-16(23)17(15)18(21-19(22)25)13-9-11-14(12-10-13)24-20(2,3)4/h9-12,18H,5-8H2,1-4H3,(H,21,25). The largest absolute Gasteiger partial charge is 0.488 e. The molecule has 0 amide bonds. The predicted octanol–water partition coefficient (Wildman–Crippen LogP) is 4.12. The predicted molar refractivity (Wildman–Crippen MR) is 104 cm³/mol. The zero-order chi connectivity index (χ0) is 18.2. The Hall–Kier alpha value is -1.88. The fourth-order valence-corrected chi connectivity index (χ4v) is 3.87. The summed E-state index contributed by atoms with van der Waals surface area (Å²) in [4.78, 5) is 14.7. The van der Waals surface area contributed by atoms with Crippen molar-refractivity contribution in [3.63, 3.8) is 0 Å². The fraction of sp³-hybridized carbons (Fsp3) is 0.500. The van der Waals surface area contributed by atoms with Crippen LogP contribution in [0.5, 0.6) is 5.75 Å². The highest BCUT2D eigenvalue weighted by atomic mass is 32.1. The molecular formula is C20H26N2O2S. The number of nitrogens with one attached hydrogen (secondary N) is 1. The lowest BCUT2D eigenvalue weighted by atomic mass is 9.85. The summed E-state index contributed by atoms with van der Waals surface area (Å²) in [5, 5.41) is 4.07. The van der Waals surface area contributed by atoms with Crippen molar-refractivity contribution in [2.75, 3.05) is 6.54 Å². The minimum absolute atomic E-state index is 0.165. The van der Waals surface area contributed by atoms with Gasteiger partial charge < -0.3 is 15.0 Å². The lowest BCUT2D eigenvalue weighted by Gasteiger charge is -2.40. The Morgan fingerprint density at radius 3 is 2.52 bits per heavy atom. The summed E-state index contributed by atoms with van der Waals surface area (Å²) >= 11 is 5.55. The van der Waals surface area contributed by atoms with E-state index in [0.717, 1.165) is 42.0 Å². The van der Waals surface area contributed by atoms with Crippen molar-refractivity contribution in [3.8, 4) is 5.75 Å². The Kier molecular flexibility index (Phi) is 4.87. The summed E-state index contributed by atoms with van der Waals surface area (Å²) in [6.45, 7) is 8.93. The second-order valence-corrected chi connectivity index (χ2v) is 7.93. The van der Waals surface area contributed by atoms with Gasteiger partial charge in [0, 0.05) is 24.2 Å². The van der Waals surface area contributed by atoms with Crippen LogP contribution in [0.15, 0.2) is 35.5 Å². The summed E-state index contributed by atoms with van der Waals surface area (Å²) < 4.78 is 5.89. The molecule has 0 saturated carbocycles. The van der Waals surface area contributed by atoms with Crippen LogP contribution in [0.4, 0.5) is 0 Å². The number of ketones is 1. The van der Waals surface area contributed by atoms with Gasteiger partial charge in [0.2, 0.25) is 0 Å². The van der Waals surface area contributed by atoms with E-state index in [1.807, 2.05) is 45.0 Å². The SMILES string of the molecule is CCN1C(=S)NC(c2ccc(OC(C)(C)C)cc2)C2=C1CCCC2=O. The monoisotopic (exact) mass is 358 g/mol. The molecule has 0 bridgehead atoms. The molecule has 4 nitrogen and oxygen atoms in total. The molecular weight excluding hydrogens is 332 g/mol. The summed E-state index contributed by atoms with van der Waals surface area (Å²) in [6, 6.07) is 7.81. The van der Waals surface area contributed by atoms with Crippen molar-refractivity contribution in [3.05, 3.63) is 41.1 Å². The Bertz CT molecular complexity index is 716. The number of thiocarbonyl (C=S) groups is 1. The summed E-state index contributed by atoms with van der Waals surface area (Å²) in [5.41, 5.74) is 2.79. The maximum atomic E-state index is 12.6. The number of rotatable bonds is 3. The van der Waals surface area contributed by atoms with E-state index in [4.69, 9.17) is 17.0 Å². The first-order chi connectivity index (χ1) is 11.8. The number of nitrogens with zero attached hydrogens (tertiary/aromatic N) is 1. The van der Waals surface area contributed by atoms with Gasteiger partial charge in [0.1, 0.15) is 11.4 Å². The second kappa shape index (κ2) is 6.79. The van der Waals surface area contributed by atoms with Gasteiger partial charge in [-0.3, -0.25) is 4.79 Å². The Morgan fingerprint density at radius 2 is 1.92 bits per heavy atom. The summed E-state index contributed by atoms with van der Waals surface area (Å²) in [6.07, 6.45) is 2.44. The van der Waals surface area contributed by atoms with E-state index in [1.165, 1.54) is 0 Å². The van der Waals surface area contributed by atoms with Gasteiger partial charge in [-0.05, 0) is 70.5 Å². The molecule has 0 fully saturated rings. The Balaban J connectivity index is 1.95. The number of hydrogen-bond acceptors (Lipinski definition) is 3. The molecule has 1 N–H and O–H groups in total. The van der Waals surface area contributed by atoms with Crippen LogP contribution < -0.4 is 10.1 Å². The molecule has 0 radical (unpaired) electrons. The van der Waals surface area contributed by atoms with Crippen molar-refractivity contribution in [2.45, 2.75) is 58.6 Å². The van der Waals surface area contributed by atoms with Crippen LogP contribution in [-0.4, -0.2) is 27.9 Å². The first-order valence-electron chi connectivity index (χ1n) is 8.93. The van der Waals surface area contributed by atoms with E-state index in [1.54, 1.807) is 0 Å². The molecule has 1 heterocycles. The maximum Gasteiger partial charge on any atom is 0.173 e. The normalized spacial score (nSPS) is 21.1. The van der Waals surface area contributed by atoms with Crippen LogP contribution in [0.1, 0.15) is 58.6 Å². The van der Waals surface area contributed by atoms with Gasteiger partial charge >= 0.3 is 0 Å². The molecule has 2 aliphatic rings. The van der Waals surface area contributed by atoms with Crippen LogP contribution in [0.25, 0.3) is 0 Å². The highest BCUT2D eigenvalue weighted by Crippen LogP contribution is 2.37. The number of carbonyl (C=O) groups excluding carboxylic acids is 1. The number of allylic oxidation sites excluding steroid dienone is 1. The third-order valence-electron chi connectivity index (χ3n) is 4.51. The average Bonchev–Trinajstić information content (AvgIpc) is 2.53. The van der Waals surface area contributed by atoms with E-state index in [0.29, 0.717) is 11.5 Å². The molecule has 0 aromatic heterocycles. The Morgan fingerprint density at radius 1 is 1.24 bits per heavy atom. The van der Waals surface area contributed by atoms with Crippen molar-refractivity contribution >= 4 is 23.1 Å². The van der Waals surface area contributed by atoms with Crippen molar-refractivity contribution < 1.29 is 9.53 Å². The van der Waals surface area contributed by atoms with Gasteiger partial charge in [0.05, 0.1) is 6.04 Å². The van der Waals surface area contributed by atoms with E-state index >= 15 is 0 Å². The van der Waals surface area contributed by atoms with E-state index in [2.05, 4.69) is 17.1 Å². The average molecular weight is 359 g/mol. The number of benzene rings is 1. The number of carbonyl (C=O) groups is 1. The fourth-order valence-electron chi connectivity index (χ4n) is 3.52. The van der Waals surface area contributed by atoms with Crippen molar-refractivity contribution in [1.29, 1.82) is 0 Å². The third kappa shape index (κ3) is 3.71. The highest BCUT2D eigenvalue weighted by Gasteiger charge is 2.36. The molecule has 1 aromatic carbocycles. The van der Waals surface area contributed by atoms with Gasteiger partial charge in [0.25, 0.3) is 0 Å². The molecule has 1 aliphatic carbocycles. The van der Waals surface area contributed by atoms with E-state index < -0.39 is 0 Å². The highest BCUT2D eigenvalue weighted by molar-refractivity contribution is 7.80.